The van der Waals surface area contributed by atoms with Crippen LogP contribution >= 0.6 is 11.6 Å². The molecule has 0 aromatic carbocycles. The molecule has 1 aliphatic heterocycles. The molecule has 0 saturated heterocycles. The minimum atomic E-state index is -4.56. The topological polar surface area (TPSA) is 79.0 Å². The third kappa shape index (κ3) is 3.89. The molecule has 0 saturated carbocycles. The Kier molecular flexibility index (Phi) is 5.46. The van der Waals surface area contributed by atoms with Crippen LogP contribution in [0.3, 0.4) is 0 Å². The SMILES string of the molecule is CCOC(=O)C1CC(C(F)(F)F)Cc2nn(Cc3ncc(F)cc3Cl)c(=O)n21. The summed E-state index contributed by atoms with van der Waals surface area (Å²) < 4.78 is 59.5. The van der Waals surface area contributed by atoms with Crippen molar-refractivity contribution in [3.05, 3.63) is 45.1 Å². The van der Waals surface area contributed by atoms with Gasteiger partial charge in [-0.2, -0.15) is 18.3 Å². The first-order chi connectivity index (χ1) is 13.1. The molecule has 2 unspecified atom stereocenters. The number of fused-ring (bicyclic) bond motifs is 1. The van der Waals surface area contributed by atoms with Gasteiger partial charge in [0.05, 0.1) is 36.0 Å². The zero-order valence-electron chi connectivity index (χ0n) is 14.5. The van der Waals surface area contributed by atoms with Crippen LogP contribution in [-0.4, -0.2) is 38.1 Å². The Hall–Kier alpha value is -2.43. The standard InChI is InChI=1S/C16H15ClF4N4O3/c1-2-28-14(26)12-3-8(16(19,20)21)4-13-23-24(15(27)25(12)13)7-11-10(17)5-9(18)6-22-11/h5-6,8,12H,2-4,7H2,1H3. The van der Waals surface area contributed by atoms with Crippen LogP contribution in [0.1, 0.15) is 30.9 Å². The molecule has 0 fully saturated rings. The van der Waals surface area contributed by atoms with E-state index in [4.69, 9.17) is 16.3 Å². The summed E-state index contributed by atoms with van der Waals surface area (Å²) in [5.41, 5.74) is -0.684. The van der Waals surface area contributed by atoms with Crippen molar-refractivity contribution in [2.75, 3.05) is 6.61 Å². The molecule has 3 heterocycles. The fraction of sp³-hybridized carbons (Fsp3) is 0.500. The van der Waals surface area contributed by atoms with Gasteiger partial charge in [0, 0.05) is 6.42 Å². The highest BCUT2D eigenvalue weighted by Gasteiger charge is 2.47. The first kappa shape index (κ1) is 20.3. The van der Waals surface area contributed by atoms with Crippen LogP contribution in [-0.2, 0) is 22.5 Å². The lowest BCUT2D eigenvalue weighted by molar-refractivity contribution is -0.184. The lowest BCUT2D eigenvalue weighted by Crippen LogP contribution is -2.41. The number of rotatable bonds is 4. The van der Waals surface area contributed by atoms with E-state index in [-0.39, 0.29) is 29.7 Å². The molecule has 152 valence electrons. The molecule has 0 radical (unpaired) electrons. The summed E-state index contributed by atoms with van der Waals surface area (Å²) in [6, 6.07) is -0.445. The number of hydrogen-bond donors (Lipinski definition) is 0. The van der Waals surface area contributed by atoms with E-state index in [1.165, 1.54) is 6.92 Å². The first-order valence-electron chi connectivity index (χ1n) is 8.33. The zero-order chi connectivity index (χ0) is 20.6. The third-order valence-electron chi connectivity index (χ3n) is 4.39. The number of carbonyl (C=O) groups is 1. The molecule has 3 rings (SSSR count). The van der Waals surface area contributed by atoms with Crippen molar-refractivity contribution in [2.24, 2.45) is 5.92 Å². The van der Waals surface area contributed by atoms with Crippen LogP contribution in [0.25, 0.3) is 0 Å². The molecule has 0 N–H and O–H groups in total. The zero-order valence-corrected chi connectivity index (χ0v) is 15.3. The minimum absolute atomic E-state index is 0.0423. The van der Waals surface area contributed by atoms with Crippen LogP contribution in [0.15, 0.2) is 17.1 Å². The molecule has 0 spiro atoms. The van der Waals surface area contributed by atoms with Gasteiger partial charge in [0.25, 0.3) is 0 Å². The van der Waals surface area contributed by atoms with Crippen molar-refractivity contribution in [1.82, 2.24) is 19.3 Å². The molecule has 0 amide bonds. The summed E-state index contributed by atoms with van der Waals surface area (Å²) in [5, 5.41) is 3.87. The van der Waals surface area contributed by atoms with E-state index in [1.54, 1.807) is 0 Å². The number of hydrogen-bond acceptors (Lipinski definition) is 5. The molecule has 2 atom stereocenters. The van der Waals surface area contributed by atoms with Gasteiger partial charge in [0.2, 0.25) is 0 Å². The van der Waals surface area contributed by atoms with Gasteiger partial charge in [0.1, 0.15) is 17.7 Å². The Morgan fingerprint density at radius 1 is 1.43 bits per heavy atom. The summed E-state index contributed by atoms with van der Waals surface area (Å²) in [5.74, 6) is -3.63. The van der Waals surface area contributed by atoms with E-state index in [1.807, 2.05) is 0 Å². The van der Waals surface area contributed by atoms with Gasteiger partial charge < -0.3 is 4.74 Å². The van der Waals surface area contributed by atoms with E-state index < -0.39 is 48.5 Å². The second kappa shape index (κ2) is 7.53. The highest BCUT2D eigenvalue weighted by atomic mass is 35.5. The molecule has 28 heavy (non-hydrogen) atoms. The Morgan fingerprint density at radius 2 is 2.14 bits per heavy atom. The first-order valence-corrected chi connectivity index (χ1v) is 8.71. The van der Waals surface area contributed by atoms with Crippen LogP contribution in [0.4, 0.5) is 17.6 Å². The molecular formula is C16H15ClF4N4O3. The monoisotopic (exact) mass is 422 g/mol. The largest absolute Gasteiger partial charge is 0.464 e. The number of alkyl halides is 3. The van der Waals surface area contributed by atoms with Gasteiger partial charge in [-0.3, -0.25) is 9.55 Å². The number of ether oxygens (including phenoxy) is 1. The minimum Gasteiger partial charge on any atom is -0.464 e. The van der Waals surface area contributed by atoms with E-state index in [9.17, 15) is 27.2 Å². The van der Waals surface area contributed by atoms with E-state index in [0.717, 1.165) is 21.5 Å². The normalized spacial score (nSPS) is 19.4. The lowest BCUT2D eigenvalue weighted by atomic mass is 9.91. The average Bonchev–Trinajstić information content (AvgIpc) is 2.92. The maximum Gasteiger partial charge on any atom is 0.392 e. The molecule has 0 bridgehead atoms. The van der Waals surface area contributed by atoms with Gasteiger partial charge in [-0.25, -0.2) is 18.7 Å². The maximum atomic E-state index is 13.3. The second-order valence-corrected chi connectivity index (χ2v) is 6.66. The van der Waals surface area contributed by atoms with Crippen molar-refractivity contribution in [2.45, 2.75) is 38.5 Å². The second-order valence-electron chi connectivity index (χ2n) is 6.25. The highest BCUT2D eigenvalue weighted by Crippen LogP contribution is 2.38. The number of esters is 1. The number of aromatic nitrogens is 4. The predicted molar refractivity (Wildman–Crippen MR) is 88.3 cm³/mol. The molecule has 1 aliphatic rings. The van der Waals surface area contributed by atoms with E-state index >= 15 is 0 Å². The van der Waals surface area contributed by atoms with Gasteiger partial charge >= 0.3 is 17.8 Å². The summed E-state index contributed by atoms with van der Waals surface area (Å²) in [4.78, 5) is 28.7. The molecular weight excluding hydrogens is 408 g/mol. The summed E-state index contributed by atoms with van der Waals surface area (Å²) >= 11 is 5.89. The van der Waals surface area contributed by atoms with Crippen LogP contribution in [0, 0.1) is 11.7 Å². The van der Waals surface area contributed by atoms with Crippen LogP contribution in [0.5, 0.6) is 0 Å². The summed E-state index contributed by atoms with van der Waals surface area (Å²) in [6.07, 6.45) is -4.83. The highest BCUT2D eigenvalue weighted by molar-refractivity contribution is 6.31. The number of nitrogens with zero attached hydrogens (tertiary/aromatic N) is 4. The van der Waals surface area contributed by atoms with E-state index in [2.05, 4.69) is 10.1 Å². The van der Waals surface area contributed by atoms with Crippen molar-refractivity contribution >= 4 is 17.6 Å². The lowest BCUT2D eigenvalue weighted by Gasteiger charge is -2.29. The summed E-state index contributed by atoms with van der Waals surface area (Å²) in [7, 11) is 0. The van der Waals surface area contributed by atoms with Crippen molar-refractivity contribution in [1.29, 1.82) is 0 Å². The number of carbonyl (C=O) groups excluding carboxylic acids is 1. The van der Waals surface area contributed by atoms with Crippen molar-refractivity contribution in [3.63, 3.8) is 0 Å². The Labute approximate surface area is 160 Å². The fourth-order valence-electron chi connectivity index (χ4n) is 3.09. The van der Waals surface area contributed by atoms with Gasteiger partial charge in [0.15, 0.2) is 0 Å². The molecule has 2 aromatic heterocycles. The molecule has 2 aromatic rings. The Balaban J connectivity index is 2.02. The van der Waals surface area contributed by atoms with Gasteiger partial charge in [-0.15, -0.1) is 0 Å². The fourth-order valence-corrected chi connectivity index (χ4v) is 3.30. The van der Waals surface area contributed by atoms with Crippen LogP contribution in [0.2, 0.25) is 5.02 Å². The average molecular weight is 423 g/mol. The summed E-state index contributed by atoms with van der Waals surface area (Å²) in [6.45, 7) is 1.18. The molecule has 12 heteroatoms. The van der Waals surface area contributed by atoms with Crippen LogP contribution < -0.4 is 5.69 Å². The Bertz CT molecular complexity index is 956. The number of halogens is 5. The van der Waals surface area contributed by atoms with Crippen molar-refractivity contribution in [3.8, 4) is 0 Å². The third-order valence-corrected chi connectivity index (χ3v) is 4.72. The maximum absolute atomic E-state index is 13.3. The quantitative estimate of drug-likeness (QED) is 0.559. The van der Waals surface area contributed by atoms with Gasteiger partial charge in [-0.05, 0) is 19.4 Å². The number of pyridine rings is 1. The molecule has 0 aliphatic carbocycles. The van der Waals surface area contributed by atoms with Crippen molar-refractivity contribution < 1.29 is 27.1 Å². The van der Waals surface area contributed by atoms with Gasteiger partial charge in [-0.1, -0.05) is 11.6 Å². The predicted octanol–water partition coefficient (Wildman–Crippen LogP) is 2.51. The smallest absolute Gasteiger partial charge is 0.392 e. The Morgan fingerprint density at radius 3 is 2.75 bits per heavy atom. The molecule has 7 nitrogen and oxygen atoms in total. The van der Waals surface area contributed by atoms with E-state index in [0.29, 0.717) is 0 Å².